The van der Waals surface area contributed by atoms with E-state index >= 15 is 0 Å². The number of nitrogens with two attached hydrogens (primary N) is 1. The van der Waals surface area contributed by atoms with Crippen molar-refractivity contribution in [3.8, 4) is 5.75 Å². The third-order valence-electron chi connectivity index (χ3n) is 2.66. The summed E-state index contributed by atoms with van der Waals surface area (Å²) in [6, 6.07) is 7.07. The molecule has 1 heterocycles. The summed E-state index contributed by atoms with van der Waals surface area (Å²) >= 11 is 1.65. The highest BCUT2D eigenvalue weighted by Crippen LogP contribution is 2.19. The van der Waals surface area contributed by atoms with E-state index in [1.807, 2.05) is 11.4 Å². The lowest BCUT2D eigenvalue weighted by Gasteiger charge is -2.08. The molecule has 2 rings (SSSR count). The van der Waals surface area contributed by atoms with Crippen LogP contribution < -0.4 is 10.5 Å². The fourth-order valence-corrected chi connectivity index (χ4v) is 2.40. The van der Waals surface area contributed by atoms with Crippen LogP contribution in [0.5, 0.6) is 5.75 Å². The number of ether oxygens (including phenoxy) is 1. The minimum absolute atomic E-state index is 0.311. The maximum atomic E-state index is 13.7. The molecule has 0 spiro atoms. The Labute approximate surface area is 110 Å². The first-order valence-corrected chi connectivity index (χ1v) is 6.86. The van der Waals surface area contributed by atoms with Gasteiger partial charge in [-0.05, 0) is 53.1 Å². The minimum Gasteiger partial charge on any atom is -0.490 e. The Hall–Kier alpha value is -1.39. The Morgan fingerprint density at radius 2 is 2.06 bits per heavy atom. The summed E-state index contributed by atoms with van der Waals surface area (Å²) in [5.74, 6) is -0.00253. The van der Waals surface area contributed by atoms with Gasteiger partial charge in [-0.3, -0.25) is 0 Å². The van der Waals surface area contributed by atoms with Crippen molar-refractivity contribution in [3.63, 3.8) is 0 Å². The van der Waals surface area contributed by atoms with Gasteiger partial charge in [-0.2, -0.15) is 11.3 Å². The van der Waals surface area contributed by atoms with Crippen molar-refractivity contribution in [1.29, 1.82) is 0 Å². The standard InChI is InChI=1S/C14H16FNOS/c15-13-9-11(3-6-16)1-2-14(13)17-7-4-12-5-8-18-10-12/h1-2,5,8-10H,3-4,6-7,16H2. The van der Waals surface area contributed by atoms with Gasteiger partial charge in [-0.25, -0.2) is 4.39 Å². The molecule has 0 saturated carbocycles. The van der Waals surface area contributed by atoms with Crippen LogP contribution in [0.2, 0.25) is 0 Å². The Morgan fingerprint density at radius 1 is 1.17 bits per heavy atom. The van der Waals surface area contributed by atoms with Gasteiger partial charge in [0.1, 0.15) is 0 Å². The molecule has 0 aliphatic carbocycles. The summed E-state index contributed by atoms with van der Waals surface area (Å²) in [4.78, 5) is 0. The van der Waals surface area contributed by atoms with Crippen LogP contribution in [0.1, 0.15) is 11.1 Å². The van der Waals surface area contributed by atoms with E-state index in [0.29, 0.717) is 25.3 Å². The van der Waals surface area contributed by atoms with E-state index in [1.165, 1.54) is 11.6 Å². The topological polar surface area (TPSA) is 35.2 Å². The summed E-state index contributed by atoms with van der Waals surface area (Å²) < 4.78 is 19.1. The lowest BCUT2D eigenvalue weighted by Crippen LogP contribution is -2.05. The third-order valence-corrected chi connectivity index (χ3v) is 3.39. The molecule has 0 radical (unpaired) electrons. The van der Waals surface area contributed by atoms with E-state index in [1.54, 1.807) is 17.4 Å². The van der Waals surface area contributed by atoms with Crippen LogP contribution in [-0.2, 0) is 12.8 Å². The van der Waals surface area contributed by atoms with Gasteiger partial charge in [-0.1, -0.05) is 6.07 Å². The van der Waals surface area contributed by atoms with Gasteiger partial charge in [0.25, 0.3) is 0 Å². The predicted molar refractivity (Wildman–Crippen MR) is 72.7 cm³/mol. The minimum atomic E-state index is -0.314. The van der Waals surface area contributed by atoms with Crippen LogP contribution in [0.4, 0.5) is 4.39 Å². The second-order valence-corrected chi connectivity index (χ2v) is 4.81. The summed E-state index contributed by atoms with van der Waals surface area (Å²) in [6.45, 7) is 1.02. The predicted octanol–water partition coefficient (Wildman–Crippen LogP) is 3.01. The molecule has 1 aromatic heterocycles. The van der Waals surface area contributed by atoms with E-state index in [4.69, 9.17) is 10.5 Å². The van der Waals surface area contributed by atoms with Gasteiger partial charge in [0, 0.05) is 6.42 Å². The molecule has 2 N–H and O–H groups in total. The third kappa shape index (κ3) is 3.55. The number of thiophene rings is 1. The molecule has 18 heavy (non-hydrogen) atoms. The summed E-state index contributed by atoms with van der Waals surface area (Å²) in [6.07, 6.45) is 1.49. The van der Waals surface area contributed by atoms with Crippen LogP contribution in [0.25, 0.3) is 0 Å². The van der Waals surface area contributed by atoms with Crippen molar-refractivity contribution < 1.29 is 9.13 Å². The molecule has 2 nitrogen and oxygen atoms in total. The SMILES string of the molecule is NCCc1ccc(OCCc2ccsc2)c(F)c1. The van der Waals surface area contributed by atoms with Gasteiger partial charge < -0.3 is 10.5 Å². The van der Waals surface area contributed by atoms with Crippen molar-refractivity contribution >= 4 is 11.3 Å². The molecule has 0 unspecified atom stereocenters. The highest BCUT2D eigenvalue weighted by molar-refractivity contribution is 7.07. The van der Waals surface area contributed by atoms with E-state index in [9.17, 15) is 4.39 Å². The molecule has 0 saturated heterocycles. The Bertz CT molecular complexity index is 485. The van der Waals surface area contributed by atoms with Crippen molar-refractivity contribution in [2.75, 3.05) is 13.2 Å². The first-order chi connectivity index (χ1) is 8.79. The van der Waals surface area contributed by atoms with E-state index in [-0.39, 0.29) is 5.82 Å². The van der Waals surface area contributed by atoms with Gasteiger partial charge in [0.15, 0.2) is 11.6 Å². The van der Waals surface area contributed by atoms with E-state index in [2.05, 4.69) is 11.4 Å². The molecule has 0 bridgehead atoms. The fraction of sp³-hybridized carbons (Fsp3) is 0.286. The van der Waals surface area contributed by atoms with Gasteiger partial charge >= 0.3 is 0 Å². The van der Waals surface area contributed by atoms with Gasteiger partial charge in [0.2, 0.25) is 0 Å². The molecule has 0 aliphatic rings. The van der Waals surface area contributed by atoms with E-state index in [0.717, 1.165) is 12.0 Å². The number of hydrogen-bond donors (Lipinski definition) is 1. The summed E-state index contributed by atoms with van der Waals surface area (Å²) in [5.41, 5.74) is 7.56. The molecule has 0 aliphatic heterocycles. The lowest BCUT2D eigenvalue weighted by atomic mass is 10.1. The van der Waals surface area contributed by atoms with Gasteiger partial charge in [-0.15, -0.1) is 0 Å². The van der Waals surface area contributed by atoms with Crippen molar-refractivity contribution in [2.45, 2.75) is 12.8 Å². The largest absolute Gasteiger partial charge is 0.490 e. The molecule has 0 amide bonds. The maximum Gasteiger partial charge on any atom is 0.165 e. The second-order valence-electron chi connectivity index (χ2n) is 4.03. The van der Waals surface area contributed by atoms with Crippen LogP contribution in [0.15, 0.2) is 35.0 Å². The second kappa shape index (κ2) is 6.52. The molecule has 96 valence electrons. The average molecular weight is 265 g/mol. The number of rotatable bonds is 6. The van der Waals surface area contributed by atoms with Crippen molar-refractivity contribution in [3.05, 3.63) is 52.0 Å². The number of benzene rings is 1. The molecular formula is C14H16FNOS. The van der Waals surface area contributed by atoms with Crippen molar-refractivity contribution in [1.82, 2.24) is 0 Å². The highest BCUT2D eigenvalue weighted by atomic mass is 32.1. The monoisotopic (exact) mass is 265 g/mol. The quantitative estimate of drug-likeness (QED) is 0.871. The fourth-order valence-electron chi connectivity index (χ4n) is 1.70. The molecule has 0 fully saturated rings. The van der Waals surface area contributed by atoms with Crippen molar-refractivity contribution in [2.24, 2.45) is 5.73 Å². The normalized spacial score (nSPS) is 10.6. The first kappa shape index (κ1) is 13.1. The average Bonchev–Trinajstić information content (AvgIpc) is 2.85. The zero-order valence-electron chi connectivity index (χ0n) is 10.1. The molecule has 1 aromatic carbocycles. The maximum absolute atomic E-state index is 13.7. The Kier molecular flexibility index (Phi) is 4.73. The van der Waals surface area contributed by atoms with Crippen LogP contribution in [0, 0.1) is 5.82 Å². The molecule has 0 atom stereocenters. The van der Waals surface area contributed by atoms with Crippen LogP contribution in [0.3, 0.4) is 0 Å². The molecule has 4 heteroatoms. The number of hydrogen-bond acceptors (Lipinski definition) is 3. The summed E-state index contributed by atoms with van der Waals surface area (Å²) in [7, 11) is 0. The lowest BCUT2D eigenvalue weighted by molar-refractivity contribution is 0.305. The number of halogens is 1. The molecular weight excluding hydrogens is 249 g/mol. The zero-order valence-corrected chi connectivity index (χ0v) is 10.9. The van der Waals surface area contributed by atoms with E-state index < -0.39 is 0 Å². The van der Waals surface area contributed by atoms with Gasteiger partial charge in [0.05, 0.1) is 6.61 Å². The summed E-state index contributed by atoms with van der Waals surface area (Å²) in [5, 5.41) is 4.10. The Morgan fingerprint density at radius 3 is 2.72 bits per heavy atom. The zero-order chi connectivity index (χ0) is 12.8. The molecule has 2 aromatic rings. The highest BCUT2D eigenvalue weighted by Gasteiger charge is 2.04. The van der Waals surface area contributed by atoms with Crippen LogP contribution in [-0.4, -0.2) is 13.2 Å². The van der Waals surface area contributed by atoms with Crippen LogP contribution >= 0.6 is 11.3 Å². The Balaban J connectivity index is 1.89. The smallest absolute Gasteiger partial charge is 0.165 e. The first-order valence-electron chi connectivity index (χ1n) is 5.92.